The number of carbonyl (C=O) groups excluding carboxylic acids is 1. The number of amides is 1. The molecule has 0 saturated carbocycles. The molecule has 1 aliphatic heterocycles. The third-order valence-electron chi connectivity index (χ3n) is 6.21. The zero-order chi connectivity index (χ0) is 25.3. The van der Waals surface area contributed by atoms with Crippen LogP contribution in [0, 0.1) is 0 Å². The molecule has 1 atom stereocenters. The number of anilines is 1. The van der Waals surface area contributed by atoms with Crippen molar-refractivity contribution in [3.63, 3.8) is 0 Å². The van der Waals surface area contributed by atoms with Gasteiger partial charge in [0, 0.05) is 49.6 Å². The lowest BCUT2D eigenvalue weighted by Crippen LogP contribution is -2.39. The fraction of sp³-hybridized carbons (Fsp3) is 0.280. The molecule has 1 saturated heterocycles. The van der Waals surface area contributed by atoms with Gasteiger partial charge < -0.3 is 10.2 Å². The lowest BCUT2D eigenvalue weighted by molar-refractivity contribution is -0.137. The number of hydrogen-bond donors (Lipinski definition) is 1. The van der Waals surface area contributed by atoms with E-state index in [2.05, 4.69) is 31.3 Å². The van der Waals surface area contributed by atoms with Gasteiger partial charge in [-0.15, -0.1) is 0 Å². The Morgan fingerprint density at radius 1 is 1.17 bits per heavy atom. The maximum absolute atomic E-state index is 13.1. The Morgan fingerprint density at radius 2 is 2.03 bits per heavy atom. The normalized spacial score (nSPS) is 16.3. The van der Waals surface area contributed by atoms with Crippen molar-refractivity contribution < 1.29 is 18.0 Å². The summed E-state index contributed by atoms with van der Waals surface area (Å²) in [6.45, 7) is 1.39. The molecule has 7 nitrogen and oxygen atoms in total. The number of nitrogens with zero attached hydrogens (tertiary/aromatic N) is 5. The summed E-state index contributed by atoms with van der Waals surface area (Å²) in [5.74, 6) is 0.262. The number of likely N-dealkylation sites (tertiary alicyclic amines) is 1. The standard InChI is InChI=1S/C25H22BrF3N6O/c26-20-14-32-35-22(31-13-16-4-2-8-30-12-16)11-21(33-23(20)35)18-6-3-9-34(15-18)24(36)17-5-1-7-19(10-17)25(27,28)29/h1-2,4-5,7-8,10-12,14,18,31H,3,6,9,13,15H2. The van der Waals surface area contributed by atoms with Crippen molar-refractivity contribution in [3.05, 3.63) is 87.9 Å². The highest BCUT2D eigenvalue weighted by molar-refractivity contribution is 9.10. The van der Waals surface area contributed by atoms with Crippen LogP contribution < -0.4 is 5.32 Å². The molecule has 4 heterocycles. The van der Waals surface area contributed by atoms with Gasteiger partial charge in [0.2, 0.25) is 0 Å². The lowest BCUT2D eigenvalue weighted by Gasteiger charge is -2.33. The van der Waals surface area contributed by atoms with Gasteiger partial charge in [0.25, 0.3) is 5.91 Å². The summed E-state index contributed by atoms with van der Waals surface area (Å²) in [6, 6.07) is 10.3. The Hall–Kier alpha value is -3.47. The number of benzene rings is 1. The first-order valence-corrected chi connectivity index (χ1v) is 12.2. The van der Waals surface area contributed by atoms with E-state index in [1.165, 1.54) is 12.1 Å². The number of alkyl halides is 3. The predicted molar refractivity (Wildman–Crippen MR) is 132 cm³/mol. The highest BCUT2D eigenvalue weighted by Crippen LogP contribution is 2.32. The second-order valence-electron chi connectivity index (χ2n) is 8.68. The van der Waals surface area contributed by atoms with Crippen LogP contribution in [0.5, 0.6) is 0 Å². The number of hydrogen-bond acceptors (Lipinski definition) is 5. The van der Waals surface area contributed by atoms with E-state index in [-0.39, 0.29) is 11.5 Å². The third kappa shape index (κ3) is 5.06. The summed E-state index contributed by atoms with van der Waals surface area (Å²) >= 11 is 3.50. The fourth-order valence-electron chi connectivity index (χ4n) is 4.40. The minimum atomic E-state index is -4.50. The first kappa shape index (κ1) is 24.2. The molecular weight excluding hydrogens is 537 g/mol. The Bertz CT molecular complexity index is 1390. The summed E-state index contributed by atoms with van der Waals surface area (Å²) in [5.41, 5.74) is 1.64. The highest BCUT2D eigenvalue weighted by atomic mass is 79.9. The number of halogens is 4. The molecule has 1 N–H and O–H groups in total. The van der Waals surface area contributed by atoms with E-state index in [1.54, 1.807) is 28.0 Å². The molecule has 0 radical (unpaired) electrons. The van der Waals surface area contributed by atoms with Gasteiger partial charge in [0.1, 0.15) is 5.82 Å². The minimum absolute atomic E-state index is 0.0336. The molecule has 1 fully saturated rings. The second kappa shape index (κ2) is 9.88. The van der Waals surface area contributed by atoms with Gasteiger partial charge in [0.05, 0.1) is 21.9 Å². The maximum atomic E-state index is 13.1. The van der Waals surface area contributed by atoms with Gasteiger partial charge in [0.15, 0.2) is 5.65 Å². The van der Waals surface area contributed by atoms with Crippen LogP contribution in [0.1, 0.15) is 45.9 Å². The monoisotopic (exact) mass is 558 g/mol. The fourth-order valence-corrected chi connectivity index (χ4v) is 4.75. The Labute approximate surface area is 213 Å². The number of fused-ring (bicyclic) bond motifs is 1. The first-order chi connectivity index (χ1) is 17.3. The van der Waals surface area contributed by atoms with Gasteiger partial charge in [-0.3, -0.25) is 9.78 Å². The SMILES string of the molecule is O=C(c1cccc(C(F)(F)F)c1)N1CCCC(c2cc(NCc3cccnc3)n3ncc(Br)c3n2)C1. The number of piperidine rings is 1. The molecule has 1 unspecified atom stereocenters. The minimum Gasteiger partial charge on any atom is -0.366 e. The smallest absolute Gasteiger partial charge is 0.366 e. The van der Waals surface area contributed by atoms with Crippen molar-refractivity contribution in [3.8, 4) is 0 Å². The number of nitrogens with one attached hydrogen (secondary N) is 1. The van der Waals surface area contributed by atoms with E-state index in [1.807, 2.05) is 18.2 Å². The molecule has 0 bridgehead atoms. The largest absolute Gasteiger partial charge is 0.416 e. The summed E-state index contributed by atoms with van der Waals surface area (Å²) in [4.78, 5) is 23.7. The van der Waals surface area contributed by atoms with E-state index in [9.17, 15) is 18.0 Å². The molecule has 4 aromatic rings. The Morgan fingerprint density at radius 3 is 2.81 bits per heavy atom. The molecule has 1 aliphatic rings. The Kier molecular flexibility index (Phi) is 6.65. The average molecular weight is 559 g/mol. The van der Waals surface area contributed by atoms with Gasteiger partial charge in [-0.2, -0.15) is 22.8 Å². The first-order valence-electron chi connectivity index (χ1n) is 11.4. The molecule has 186 valence electrons. The van der Waals surface area contributed by atoms with Crippen molar-refractivity contribution in [1.29, 1.82) is 0 Å². The number of pyridine rings is 1. The molecule has 1 aromatic carbocycles. The van der Waals surface area contributed by atoms with Gasteiger partial charge in [-0.1, -0.05) is 12.1 Å². The van der Waals surface area contributed by atoms with E-state index < -0.39 is 17.6 Å². The third-order valence-corrected chi connectivity index (χ3v) is 6.77. The van der Waals surface area contributed by atoms with Crippen LogP contribution >= 0.6 is 15.9 Å². The van der Waals surface area contributed by atoms with Crippen LogP contribution in [0.3, 0.4) is 0 Å². The van der Waals surface area contributed by atoms with Crippen LogP contribution in [0.25, 0.3) is 5.65 Å². The van der Waals surface area contributed by atoms with Crippen LogP contribution in [-0.2, 0) is 12.7 Å². The molecule has 1 amide bonds. The van der Waals surface area contributed by atoms with E-state index in [0.717, 1.165) is 46.5 Å². The van der Waals surface area contributed by atoms with Crippen LogP contribution in [0.2, 0.25) is 0 Å². The molecule has 0 aliphatic carbocycles. The summed E-state index contributed by atoms with van der Waals surface area (Å²) in [5, 5.41) is 7.79. The van der Waals surface area contributed by atoms with Crippen molar-refractivity contribution in [1.82, 2.24) is 24.5 Å². The molecule has 5 rings (SSSR count). The average Bonchev–Trinajstić information content (AvgIpc) is 3.27. The van der Waals surface area contributed by atoms with E-state index in [4.69, 9.17) is 4.98 Å². The lowest BCUT2D eigenvalue weighted by atomic mass is 9.93. The zero-order valence-electron chi connectivity index (χ0n) is 19.0. The highest BCUT2D eigenvalue weighted by Gasteiger charge is 2.32. The summed E-state index contributed by atoms with van der Waals surface area (Å²) in [6.07, 6.45) is 2.20. The summed E-state index contributed by atoms with van der Waals surface area (Å²) < 4.78 is 41.9. The van der Waals surface area contributed by atoms with Crippen molar-refractivity contribution in [2.45, 2.75) is 31.5 Å². The van der Waals surface area contributed by atoms with Crippen molar-refractivity contribution in [2.75, 3.05) is 18.4 Å². The number of aromatic nitrogens is 4. The van der Waals surface area contributed by atoms with Gasteiger partial charge >= 0.3 is 6.18 Å². The predicted octanol–water partition coefficient (Wildman–Crippen LogP) is 5.54. The zero-order valence-corrected chi connectivity index (χ0v) is 20.6. The Balaban J connectivity index is 1.40. The van der Waals surface area contributed by atoms with Gasteiger partial charge in [-0.25, -0.2) is 4.98 Å². The van der Waals surface area contributed by atoms with Gasteiger partial charge in [-0.05, 0) is 58.6 Å². The molecule has 3 aromatic heterocycles. The summed E-state index contributed by atoms with van der Waals surface area (Å²) in [7, 11) is 0. The van der Waals surface area contributed by atoms with Crippen LogP contribution in [0.4, 0.5) is 19.0 Å². The molecule has 36 heavy (non-hydrogen) atoms. The van der Waals surface area contributed by atoms with E-state index >= 15 is 0 Å². The number of rotatable bonds is 5. The topological polar surface area (TPSA) is 75.4 Å². The molecule has 11 heteroatoms. The molecule has 0 spiro atoms. The number of carbonyl (C=O) groups is 1. The van der Waals surface area contributed by atoms with E-state index in [0.29, 0.717) is 25.3 Å². The quantitative estimate of drug-likeness (QED) is 0.348. The maximum Gasteiger partial charge on any atom is 0.416 e. The van der Waals surface area contributed by atoms with Crippen molar-refractivity contribution >= 4 is 33.3 Å². The van der Waals surface area contributed by atoms with Crippen LogP contribution in [-0.4, -0.2) is 43.5 Å². The van der Waals surface area contributed by atoms with Crippen molar-refractivity contribution in [2.24, 2.45) is 0 Å². The second-order valence-corrected chi connectivity index (χ2v) is 9.53. The molecular formula is C25H22BrF3N6O. The van der Waals surface area contributed by atoms with Crippen LogP contribution in [0.15, 0.2) is 65.5 Å².